The second-order valence-electron chi connectivity index (χ2n) is 9.11. The Kier molecular flexibility index (Phi) is 4.11. The van der Waals surface area contributed by atoms with Crippen molar-refractivity contribution in [3.8, 4) is 0 Å². The van der Waals surface area contributed by atoms with E-state index in [1.165, 1.54) is 0 Å². The molecule has 0 bridgehead atoms. The van der Waals surface area contributed by atoms with E-state index in [1.807, 2.05) is 24.3 Å². The predicted molar refractivity (Wildman–Crippen MR) is 133 cm³/mol. The minimum atomic E-state index is -0.443. The molecule has 4 amide bonds. The van der Waals surface area contributed by atoms with E-state index in [-0.39, 0.29) is 26.3 Å². The summed E-state index contributed by atoms with van der Waals surface area (Å²) in [6.07, 6.45) is 0. The van der Waals surface area contributed by atoms with E-state index >= 15 is 0 Å². The lowest BCUT2D eigenvalue weighted by Crippen LogP contribution is -2.42. The Bertz CT molecular complexity index is 1600. The maximum atomic E-state index is 13.2. The van der Waals surface area contributed by atoms with Crippen molar-refractivity contribution < 1.29 is 29.4 Å². The smallest absolute Gasteiger partial charge is 0.261 e. The van der Waals surface area contributed by atoms with Gasteiger partial charge in [0.25, 0.3) is 23.6 Å². The zero-order valence-electron chi connectivity index (χ0n) is 18.9. The summed E-state index contributed by atoms with van der Waals surface area (Å²) in [5.74, 6) is -1.77. The standard InChI is InChI=1S/C28H18N2O6/c31-11-9-29-25(33)17-5-1-13-14-2-6-19-24-20(28(36)30(10-12-32)27(19)35)8-4-16(22(14)24)15-3-7-18(26(29)34)23(17)21(13)15/h1-8,31-32H,9-12H2. The summed E-state index contributed by atoms with van der Waals surface area (Å²) < 4.78 is 0. The number of amides is 4. The number of rotatable bonds is 4. The van der Waals surface area contributed by atoms with Crippen LogP contribution in [-0.4, -0.2) is 69.9 Å². The highest BCUT2D eigenvalue weighted by atomic mass is 16.3. The molecular formula is C28H18N2O6. The molecule has 5 aromatic carbocycles. The molecule has 0 radical (unpaired) electrons. The van der Waals surface area contributed by atoms with Crippen LogP contribution in [0.15, 0.2) is 48.5 Å². The third-order valence-corrected chi connectivity index (χ3v) is 7.45. The Morgan fingerprint density at radius 3 is 0.972 bits per heavy atom. The summed E-state index contributed by atoms with van der Waals surface area (Å²) in [5, 5.41) is 24.7. The summed E-state index contributed by atoms with van der Waals surface area (Å²) in [4.78, 5) is 54.8. The molecule has 0 aliphatic carbocycles. The minimum Gasteiger partial charge on any atom is -0.395 e. The van der Waals surface area contributed by atoms with Crippen molar-refractivity contribution in [2.45, 2.75) is 0 Å². The van der Waals surface area contributed by atoms with Crippen LogP contribution in [-0.2, 0) is 0 Å². The van der Waals surface area contributed by atoms with Crippen LogP contribution in [0.5, 0.6) is 0 Å². The van der Waals surface area contributed by atoms with E-state index in [0.717, 1.165) is 42.1 Å². The fraction of sp³-hybridized carbons (Fsp3) is 0.143. The monoisotopic (exact) mass is 478 g/mol. The highest BCUT2D eigenvalue weighted by Crippen LogP contribution is 2.46. The van der Waals surface area contributed by atoms with E-state index in [2.05, 4.69) is 0 Å². The SMILES string of the molecule is O=C1c2ccc3c4ccc5c6c(ccc(c7ccc(c2c37)C(=O)N1CCO)c64)C(=O)N(CCO)C5=O. The molecule has 0 aromatic heterocycles. The molecule has 2 aliphatic rings. The van der Waals surface area contributed by atoms with Crippen LogP contribution < -0.4 is 0 Å². The number of aliphatic hydroxyl groups is 2. The molecule has 0 fully saturated rings. The number of aliphatic hydroxyl groups excluding tert-OH is 2. The Balaban J connectivity index is 1.63. The van der Waals surface area contributed by atoms with Gasteiger partial charge in [0.1, 0.15) is 0 Å². The number of hydrogen-bond acceptors (Lipinski definition) is 6. The fourth-order valence-corrected chi connectivity index (χ4v) is 5.97. The summed E-state index contributed by atoms with van der Waals surface area (Å²) in [5.41, 5.74) is 1.60. The lowest BCUT2D eigenvalue weighted by atomic mass is 9.82. The third kappa shape index (κ3) is 2.35. The molecule has 0 saturated heterocycles. The van der Waals surface area contributed by atoms with E-state index in [4.69, 9.17) is 0 Å². The molecule has 7 rings (SSSR count). The van der Waals surface area contributed by atoms with Crippen molar-refractivity contribution in [2.24, 2.45) is 0 Å². The van der Waals surface area contributed by atoms with Crippen LogP contribution in [0.1, 0.15) is 41.4 Å². The van der Waals surface area contributed by atoms with Crippen molar-refractivity contribution in [3.63, 3.8) is 0 Å². The van der Waals surface area contributed by atoms with Gasteiger partial charge in [0, 0.05) is 33.0 Å². The first-order valence-corrected chi connectivity index (χ1v) is 11.6. The van der Waals surface area contributed by atoms with Gasteiger partial charge in [0.05, 0.1) is 26.3 Å². The first-order valence-electron chi connectivity index (χ1n) is 11.6. The minimum absolute atomic E-state index is 0.0782. The lowest BCUT2D eigenvalue weighted by molar-refractivity contribution is 0.0567. The van der Waals surface area contributed by atoms with Gasteiger partial charge in [0.2, 0.25) is 0 Å². The number of fused-ring (bicyclic) bond motifs is 2. The maximum absolute atomic E-state index is 13.2. The highest BCUT2D eigenvalue weighted by molar-refractivity contribution is 6.41. The highest BCUT2D eigenvalue weighted by Gasteiger charge is 2.36. The molecule has 0 unspecified atom stereocenters. The lowest BCUT2D eigenvalue weighted by Gasteiger charge is -2.29. The Hall–Kier alpha value is -4.40. The second-order valence-corrected chi connectivity index (χ2v) is 9.11. The molecule has 36 heavy (non-hydrogen) atoms. The van der Waals surface area contributed by atoms with E-state index in [1.54, 1.807) is 24.3 Å². The number of benzene rings is 5. The first-order chi connectivity index (χ1) is 17.5. The van der Waals surface area contributed by atoms with Gasteiger partial charge in [-0.25, -0.2) is 0 Å². The molecule has 8 heteroatoms. The molecule has 2 heterocycles. The number of nitrogens with zero attached hydrogens (tertiary/aromatic N) is 2. The molecule has 0 saturated carbocycles. The average molecular weight is 478 g/mol. The Labute approximate surface area is 203 Å². The second kappa shape index (κ2) is 7.07. The van der Waals surface area contributed by atoms with E-state index in [0.29, 0.717) is 33.0 Å². The van der Waals surface area contributed by atoms with Crippen LogP contribution in [0.4, 0.5) is 0 Å². The van der Waals surface area contributed by atoms with Gasteiger partial charge >= 0.3 is 0 Å². The quantitative estimate of drug-likeness (QED) is 0.233. The maximum Gasteiger partial charge on any atom is 0.261 e. The van der Waals surface area contributed by atoms with Crippen molar-refractivity contribution in [3.05, 3.63) is 70.8 Å². The molecule has 5 aromatic rings. The van der Waals surface area contributed by atoms with E-state index < -0.39 is 23.6 Å². The molecule has 8 nitrogen and oxygen atoms in total. The normalized spacial score (nSPS) is 15.5. The van der Waals surface area contributed by atoms with Gasteiger partial charge in [0.15, 0.2) is 0 Å². The van der Waals surface area contributed by atoms with Gasteiger partial charge in [-0.1, -0.05) is 24.3 Å². The van der Waals surface area contributed by atoms with Crippen molar-refractivity contribution in [2.75, 3.05) is 26.3 Å². The summed E-state index contributed by atoms with van der Waals surface area (Å²) in [7, 11) is 0. The molecular weight excluding hydrogens is 460 g/mol. The zero-order chi connectivity index (χ0) is 24.9. The van der Waals surface area contributed by atoms with Gasteiger partial charge in [-0.2, -0.15) is 0 Å². The van der Waals surface area contributed by atoms with Crippen LogP contribution >= 0.6 is 0 Å². The summed E-state index contributed by atoms with van der Waals surface area (Å²) >= 11 is 0. The fourth-order valence-electron chi connectivity index (χ4n) is 5.97. The van der Waals surface area contributed by atoms with E-state index in [9.17, 15) is 29.4 Å². The zero-order valence-corrected chi connectivity index (χ0v) is 18.9. The van der Waals surface area contributed by atoms with Gasteiger partial charge in [-0.15, -0.1) is 0 Å². The number of carbonyl (C=O) groups excluding carboxylic acids is 4. The molecule has 2 aliphatic heterocycles. The average Bonchev–Trinajstić information content (AvgIpc) is 2.89. The number of β-amino-alcohol motifs (C(OH)–C–C–N with tert-alkyl or cyclic N) is 2. The molecule has 176 valence electrons. The van der Waals surface area contributed by atoms with Crippen molar-refractivity contribution in [1.29, 1.82) is 0 Å². The third-order valence-electron chi connectivity index (χ3n) is 7.45. The van der Waals surface area contributed by atoms with Gasteiger partial charge in [-0.05, 0) is 56.6 Å². The predicted octanol–water partition coefficient (Wildman–Crippen LogP) is 2.91. The number of imide groups is 2. The van der Waals surface area contributed by atoms with Crippen LogP contribution in [0, 0.1) is 0 Å². The molecule has 2 N–H and O–H groups in total. The van der Waals surface area contributed by atoms with Crippen LogP contribution in [0.2, 0.25) is 0 Å². The van der Waals surface area contributed by atoms with Crippen LogP contribution in [0.25, 0.3) is 43.1 Å². The number of carbonyl (C=O) groups is 4. The first kappa shape index (κ1) is 20.9. The number of hydrogen-bond donors (Lipinski definition) is 2. The van der Waals surface area contributed by atoms with Crippen LogP contribution in [0.3, 0.4) is 0 Å². The topological polar surface area (TPSA) is 115 Å². The van der Waals surface area contributed by atoms with Crippen molar-refractivity contribution in [1.82, 2.24) is 9.80 Å². The summed E-state index contributed by atoms with van der Waals surface area (Å²) in [6.45, 7) is -0.797. The largest absolute Gasteiger partial charge is 0.395 e. The summed E-state index contributed by atoms with van der Waals surface area (Å²) in [6, 6.07) is 14.2. The Morgan fingerprint density at radius 2 is 0.722 bits per heavy atom. The molecule has 0 atom stereocenters. The van der Waals surface area contributed by atoms with Crippen molar-refractivity contribution >= 4 is 66.7 Å². The Morgan fingerprint density at radius 1 is 0.444 bits per heavy atom. The van der Waals surface area contributed by atoms with Gasteiger partial charge in [-0.3, -0.25) is 29.0 Å². The molecule has 0 spiro atoms. The van der Waals surface area contributed by atoms with Gasteiger partial charge < -0.3 is 10.2 Å².